The van der Waals surface area contributed by atoms with Gasteiger partial charge in [0, 0.05) is 43.7 Å². The second-order valence-electron chi connectivity index (χ2n) is 6.82. The molecule has 1 heterocycles. The van der Waals surface area contributed by atoms with Gasteiger partial charge in [-0.25, -0.2) is 0 Å². The molecule has 24 heavy (non-hydrogen) atoms. The summed E-state index contributed by atoms with van der Waals surface area (Å²) in [6.45, 7) is 5.14. The van der Waals surface area contributed by atoms with Crippen LogP contribution in [0, 0.1) is 0 Å². The van der Waals surface area contributed by atoms with Crippen molar-refractivity contribution in [2.24, 2.45) is 0 Å². The first kappa shape index (κ1) is 22.0. The zero-order chi connectivity index (χ0) is 15.4. The molecule has 1 aromatic carbocycles. The van der Waals surface area contributed by atoms with Crippen molar-refractivity contribution in [1.29, 1.82) is 0 Å². The van der Waals surface area contributed by atoms with Gasteiger partial charge in [0.15, 0.2) is 0 Å². The summed E-state index contributed by atoms with van der Waals surface area (Å²) < 4.78 is 0. The van der Waals surface area contributed by atoms with Gasteiger partial charge in [0.25, 0.3) is 0 Å². The van der Waals surface area contributed by atoms with Gasteiger partial charge in [0.1, 0.15) is 0 Å². The van der Waals surface area contributed by atoms with Crippen LogP contribution in [0.15, 0.2) is 24.3 Å². The van der Waals surface area contributed by atoms with Crippen LogP contribution in [-0.4, -0.2) is 48.3 Å². The van der Waals surface area contributed by atoms with E-state index in [1.165, 1.54) is 12.0 Å². The van der Waals surface area contributed by atoms with Gasteiger partial charge < -0.3 is 15.3 Å². The molecule has 2 aliphatic rings. The highest BCUT2D eigenvalue weighted by molar-refractivity contribution is 6.30. The Bertz CT molecular complexity index is 489. The Morgan fingerprint density at radius 1 is 1.12 bits per heavy atom. The average Bonchev–Trinajstić information content (AvgIpc) is 2.54. The van der Waals surface area contributed by atoms with Gasteiger partial charge in [-0.1, -0.05) is 43.0 Å². The minimum absolute atomic E-state index is 0. The molecule has 1 unspecified atom stereocenters. The third kappa shape index (κ3) is 5.48. The Morgan fingerprint density at radius 2 is 1.79 bits per heavy atom. The quantitative estimate of drug-likeness (QED) is 0.812. The van der Waals surface area contributed by atoms with Gasteiger partial charge in [-0.05, 0) is 30.5 Å². The zero-order valence-corrected chi connectivity index (χ0v) is 16.4. The molecular weight excluding hydrogens is 367 g/mol. The van der Waals surface area contributed by atoms with E-state index in [0.717, 1.165) is 63.4 Å². The Hall–Kier alpha value is -0.0300. The molecule has 3 nitrogen and oxygen atoms in total. The van der Waals surface area contributed by atoms with E-state index in [-0.39, 0.29) is 30.7 Å². The molecule has 0 aromatic heterocycles. The fourth-order valence-corrected chi connectivity index (χ4v) is 4.17. The normalized spacial score (nSPS) is 22.1. The summed E-state index contributed by atoms with van der Waals surface area (Å²) in [6.07, 6.45) is 5.34. The molecule has 138 valence electrons. The molecular formula is C18H29Cl3N2O. The third-order valence-electron chi connectivity index (χ3n) is 5.27. The number of nitrogens with zero attached hydrogens (tertiary/aromatic N) is 1. The molecule has 1 aliphatic carbocycles. The topological polar surface area (TPSA) is 35.5 Å². The molecule has 1 atom stereocenters. The van der Waals surface area contributed by atoms with Gasteiger partial charge in [-0.15, -0.1) is 24.8 Å². The lowest BCUT2D eigenvalue weighted by molar-refractivity contribution is -0.0316. The van der Waals surface area contributed by atoms with Crippen molar-refractivity contribution in [2.45, 2.75) is 43.6 Å². The van der Waals surface area contributed by atoms with E-state index in [0.29, 0.717) is 0 Å². The van der Waals surface area contributed by atoms with E-state index in [1.807, 2.05) is 18.2 Å². The highest BCUT2D eigenvalue weighted by Gasteiger charge is 2.39. The molecule has 1 aromatic rings. The van der Waals surface area contributed by atoms with Crippen molar-refractivity contribution in [3.8, 4) is 0 Å². The molecule has 2 N–H and O–H groups in total. The molecule has 2 fully saturated rings. The number of hydrogen-bond acceptors (Lipinski definition) is 3. The largest absolute Gasteiger partial charge is 0.389 e. The molecule has 0 amide bonds. The van der Waals surface area contributed by atoms with Crippen LogP contribution in [0.25, 0.3) is 0 Å². The summed E-state index contributed by atoms with van der Waals surface area (Å²) in [6, 6.07) is 8.10. The second kappa shape index (κ2) is 10.2. The van der Waals surface area contributed by atoms with E-state index < -0.39 is 5.60 Å². The monoisotopic (exact) mass is 394 g/mol. The SMILES string of the molecule is Cl.Cl.OC1(C(CN2CCNCC2)c2cccc(Cl)c2)CCCCC1. The van der Waals surface area contributed by atoms with E-state index in [2.05, 4.69) is 16.3 Å². The Labute approximate surface area is 163 Å². The summed E-state index contributed by atoms with van der Waals surface area (Å²) >= 11 is 6.21. The fourth-order valence-electron chi connectivity index (χ4n) is 3.97. The maximum absolute atomic E-state index is 11.3. The Morgan fingerprint density at radius 3 is 2.42 bits per heavy atom. The Balaban J connectivity index is 0.00000144. The minimum atomic E-state index is -0.576. The van der Waals surface area contributed by atoms with Crippen molar-refractivity contribution in [2.75, 3.05) is 32.7 Å². The summed E-state index contributed by atoms with van der Waals surface area (Å²) in [7, 11) is 0. The highest BCUT2D eigenvalue weighted by atomic mass is 35.5. The lowest BCUT2D eigenvalue weighted by atomic mass is 9.72. The van der Waals surface area contributed by atoms with Crippen LogP contribution in [0.4, 0.5) is 0 Å². The lowest BCUT2D eigenvalue weighted by Crippen LogP contribution is -2.49. The van der Waals surface area contributed by atoms with Gasteiger partial charge >= 0.3 is 0 Å². The van der Waals surface area contributed by atoms with Crippen LogP contribution in [0.5, 0.6) is 0 Å². The maximum Gasteiger partial charge on any atom is 0.0728 e. The van der Waals surface area contributed by atoms with Gasteiger partial charge in [0.2, 0.25) is 0 Å². The van der Waals surface area contributed by atoms with Crippen molar-refractivity contribution >= 4 is 36.4 Å². The number of hydrogen-bond donors (Lipinski definition) is 2. The summed E-state index contributed by atoms with van der Waals surface area (Å²) in [5.74, 6) is 0.157. The molecule has 0 bridgehead atoms. The number of aliphatic hydroxyl groups is 1. The van der Waals surface area contributed by atoms with E-state index in [4.69, 9.17) is 11.6 Å². The van der Waals surface area contributed by atoms with Gasteiger partial charge in [-0.3, -0.25) is 0 Å². The van der Waals surface area contributed by atoms with Gasteiger partial charge in [0.05, 0.1) is 5.60 Å². The highest BCUT2D eigenvalue weighted by Crippen LogP contribution is 2.41. The van der Waals surface area contributed by atoms with E-state index in [1.54, 1.807) is 0 Å². The molecule has 6 heteroatoms. The van der Waals surface area contributed by atoms with Crippen LogP contribution >= 0.6 is 36.4 Å². The minimum Gasteiger partial charge on any atom is -0.389 e. The van der Waals surface area contributed by atoms with Crippen LogP contribution < -0.4 is 5.32 Å². The number of nitrogens with one attached hydrogen (secondary N) is 1. The van der Waals surface area contributed by atoms with Crippen LogP contribution in [0.2, 0.25) is 5.02 Å². The van der Waals surface area contributed by atoms with Crippen molar-refractivity contribution < 1.29 is 5.11 Å². The number of rotatable bonds is 4. The van der Waals surface area contributed by atoms with Crippen molar-refractivity contribution in [3.63, 3.8) is 0 Å². The molecule has 1 saturated carbocycles. The van der Waals surface area contributed by atoms with Crippen LogP contribution in [0.3, 0.4) is 0 Å². The first-order valence-electron chi connectivity index (χ1n) is 8.58. The third-order valence-corrected chi connectivity index (χ3v) is 5.50. The molecule has 0 spiro atoms. The van der Waals surface area contributed by atoms with Crippen LogP contribution in [0.1, 0.15) is 43.6 Å². The van der Waals surface area contributed by atoms with Crippen LogP contribution in [-0.2, 0) is 0 Å². The van der Waals surface area contributed by atoms with Gasteiger partial charge in [-0.2, -0.15) is 0 Å². The summed E-state index contributed by atoms with van der Waals surface area (Å²) in [4.78, 5) is 2.48. The van der Waals surface area contributed by atoms with E-state index in [9.17, 15) is 5.11 Å². The number of benzene rings is 1. The molecule has 3 rings (SSSR count). The maximum atomic E-state index is 11.3. The first-order valence-corrected chi connectivity index (χ1v) is 8.96. The smallest absolute Gasteiger partial charge is 0.0728 e. The molecule has 1 aliphatic heterocycles. The lowest BCUT2D eigenvalue weighted by Gasteiger charge is -2.42. The zero-order valence-electron chi connectivity index (χ0n) is 14.0. The van der Waals surface area contributed by atoms with Crippen molar-refractivity contribution in [1.82, 2.24) is 10.2 Å². The average molecular weight is 396 g/mol. The molecule has 0 radical (unpaired) electrons. The number of halogens is 3. The fraction of sp³-hybridized carbons (Fsp3) is 0.667. The standard InChI is InChI=1S/C18H27ClN2O.2ClH/c19-16-6-4-5-15(13-16)17(14-21-11-9-20-10-12-21)18(22)7-2-1-3-8-18;;/h4-6,13,17,20,22H,1-3,7-12,14H2;2*1H. The molecule has 1 saturated heterocycles. The summed E-state index contributed by atoms with van der Waals surface area (Å²) in [5.41, 5.74) is 0.615. The Kier molecular flexibility index (Phi) is 9.35. The summed E-state index contributed by atoms with van der Waals surface area (Å²) in [5, 5.41) is 15.5. The van der Waals surface area contributed by atoms with E-state index >= 15 is 0 Å². The first-order chi connectivity index (χ1) is 10.7. The number of piperazine rings is 1. The second-order valence-corrected chi connectivity index (χ2v) is 7.26. The predicted molar refractivity (Wildman–Crippen MR) is 106 cm³/mol. The predicted octanol–water partition coefficient (Wildman–Crippen LogP) is 3.87. The van der Waals surface area contributed by atoms with Crippen molar-refractivity contribution in [3.05, 3.63) is 34.9 Å².